The topological polar surface area (TPSA) is 82.6 Å². The molecule has 0 bridgehead atoms. The van der Waals surface area contributed by atoms with E-state index in [1.54, 1.807) is 6.33 Å². The van der Waals surface area contributed by atoms with Crippen LogP contribution in [0.5, 0.6) is 0 Å². The van der Waals surface area contributed by atoms with Gasteiger partial charge in [0, 0.05) is 24.8 Å². The molecule has 4 rings (SSSR count). The summed E-state index contributed by atoms with van der Waals surface area (Å²) >= 11 is 0. The lowest BCUT2D eigenvalue weighted by atomic mass is 10.2. The van der Waals surface area contributed by atoms with Crippen LogP contribution in [-0.4, -0.2) is 38.5 Å². The van der Waals surface area contributed by atoms with Crippen LogP contribution in [-0.2, 0) is 0 Å². The monoisotopic (exact) mass is 281 g/mol. The maximum atomic E-state index is 4.35. The largest absolute Gasteiger partial charge is 0.356 e. The molecule has 1 aliphatic rings. The van der Waals surface area contributed by atoms with Gasteiger partial charge in [0.25, 0.3) is 0 Å². The van der Waals surface area contributed by atoms with E-state index in [0.29, 0.717) is 0 Å². The summed E-state index contributed by atoms with van der Waals surface area (Å²) in [5.41, 5.74) is 2.61. The lowest BCUT2D eigenvalue weighted by Crippen LogP contribution is -2.19. The molecule has 0 radical (unpaired) electrons. The fraction of sp³-hybridized carbons (Fsp3) is 0.286. The van der Waals surface area contributed by atoms with Crippen molar-refractivity contribution in [1.82, 2.24) is 25.4 Å². The molecule has 0 unspecified atom stereocenters. The standard InChI is InChI=1S/C14H15N7/c1-2-6-21(5-1)14-8-13(15-9-16-14)17-10-3-4-11-12(7-10)19-20-18-11/h3-4,7-9H,1-2,5-6H2,(H,15,16,17)(H,18,19,20). The number of anilines is 3. The van der Waals surface area contributed by atoms with Crippen molar-refractivity contribution in [1.29, 1.82) is 0 Å². The average molecular weight is 281 g/mol. The first-order valence-corrected chi connectivity index (χ1v) is 7.03. The number of hydrogen-bond acceptors (Lipinski definition) is 6. The maximum Gasteiger partial charge on any atom is 0.135 e. The highest BCUT2D eigenvalue weighted by Crippen LogP contribution is 2.22. The number of H-pyrrole nitrogens is 1. The summed E-state index contributed by atoms with van der Waals surface area (Å²) in [7, 11) is 0. The summed E-state index contributed by atoms with van der Waals surface area (Å²) in [6, 6.07) is 7.81. The van der Waals surface area contributed by atoms with Crippen molar-refractivity contribution < 1.29 is 0 Å². The number of nitrogens with one attached hydrogen (secondary N) is 2. The average Bonchev–Trinajstić information content (AvgIpc) is 3.18. The van der Waals surface area contributed by atoms with Gasteiger partial charge >= 0.3 is 0 Å². The van der Waals surface area contributed by atoms with Gasteiger partial charge in [-0.25, -0.2) is 9.97 Å². The third-order valence-corrected chi connectivity index (χ3v) is 3.67. The van der Waals surface area contributed by atoms with E-state index in [2.05, 4.69) is 35.6 Å². The molecule has 3 aromatic rings. The first-order valence-electron chi connectivity index (χ1n) is 7.03. The lowest BCUT2D eigenvalue weighted by molar-refractivity contribution is 0.928. The number of fused-ring (bicyclic) bond motifs is 1. The summed E-state index contributed by atoms with van der Waals surface area (Å²) < 4.78 is 0. The van der Waals surface area contributed by atoms with Crippen LogP contribution < -0.4 is 10.2 Å². The zero-order chi connectivity index (χ0) is 14.1. The summed E-state index contributed by atoms with van der Waals surface area (Å²) in [6.07, 6.45) is 4.07. The molecule has 1 fully saturated rings. The maximum absolute atomic E-state index is 4.35. The molecule has 106 valence electrons. The molecule has 7 heteroatoms. The van der Waals surface area contributed by atoms with Crippen LogP contribution in [0, 0.1) is 0 Å². The normalized spacial score (nSPS) is 14.8. The molecule has 2 aromatic heterocycles. The minimum Gasteiger partial charge on any atom is -0.356 e. The van der Waals surface area contributed by atoms with Crippen LogP contribution in [0.1, 0.15) is 12.8 Å². The molecule has 0 saturated carbocycles. The summed E-state index contributed by atoms with van der Waals surface area (Å²) in [5.74, 6) is 1.77. The Morgan fingerprint density at radius 1 is 1.00 bits per heavy atom. The van der Waals surface area contributed by atoms with Gasteiger partial charge in [-0.1, -0.05) is 0 Å². The third-order valence-electron chi connectivity index (χ3n) is 3.67. The molecule has 1 aromatic carbocycles. The Labute approximate surface area is 121 Å². The highest BCUT2D eigenvalue weighted by atomic mass is 15.3. The minimum atomic E-state index is 0.787. The lowest BCUT2D eigenvalue weighted by Gasteiger charge is -2.16. The van der Waals surface area contributed by atoms with E-state index in [4.69, 9.17) is 0 Å². The van der Waals surface area contributed by atoms with Crippen molar-refractivity contribution in [3.63, 3.8) is 0 Å². The van der Waals surface area contributed by atoms with Crippen LogP contribution in [0.4, 0.5) is 17.3 Å². The van der Waals surface area contributed by atoms with Crippen molar-refractivity contribution in [2.24, 2.45) is 0 Å². The second-order valence-electron chi connectivity index (χ2n) is 5.11. The molecular weight excluding hydrogens is 266 g/mol. The van der Waals surface area contributed by atoms with E-state index in [1.807, 2.05) is 24.3 Å². The minimum absolute atomic E-state index is 0.787. The fourth-order valence-electron chi connectivity index (χ4n) is 2.60. The van der Waals surface area contributed by atoms with Crippen molar-refractivity contribution in [3.8, 4) is 0 Å². The number of aromatic amines is 1. The highest BCUT2D eigenvalue weighted by molar-refractivity contribution is 5.79. The Morgan fingerprint density at radius 3 is 2.76 bits per heavy atom. The Morgan fingerprint density at radius 2 is 1.86 bits per heavy atom. The van der Waals surface area contributed by atoms with Crippen LogP contribution >= 0.6 is 0 Å². The van der Waals surface area contributed by atoms with E-state index in [9.17, 15) is 0 Å². The van der Waals surface area contributed by atoms with Crippen LogP contribution in [0.3, 0.4) is 0 Å². The predicted octanol–water partition coefficient (Wildman–Crippen LogP) is 2.09. The van der Waals surface area contributed by atoms with Crippen molar-refractivity contribution >= 4 is 28.4 Å². The fourth-order valence-corrected chi connectivity index (χ4v) is 2.60. The number of nitrogens with zero attached hydrogens (tertiary/aromatic N) is 5. The third kappa shape index (κ3) is 2.37. The van der Waals surface area contributed by atoms with E-state index >= 15 is 0 Å². The Balaban J connectivity index is 1.59. The van der Waals surface area contributed by atoms with E-state index in [0.717, 1.165) is 41.4 Å². The Hall–Kier alpha value is -2.70. The molecule has 0 aliphatic carbocycles. The van der Waals surface area contributed by atoms with Crippen LogP contribution in [0.15, 0.2) is 30.6 Å². The molecule has 1 saturated heterocycles. The SMILES string of the molecule is c1nc(Nc2ccc3n[nH]nc3c2)cc(N2CCCC2)n1. The predicted molar refractivity (Wildman–Crippen MR) is 80.7 cm³/mol. The molecule has 7 nitrogen and oxygen atoms in total. The van der Waals surface area contributed by atoms with Gasteiger partial charge in [-0.05, 0) is 31.0 Å². The second-order valence-corrected chi connectivity index (χ2v) is 5.11. The highest BCUT2D eigenvalue weighted by Gasteiger charge is 2.14. The van der Waals surface area contributed by atoms with E-state index in [-0.39, 0.29) is 0 Å². The molecular formula is C14H15N7. The summed E-state index contributed by atoms with van der Waals surface area (Å²) in [6.45, 7) is 2.14. The van der Waals surface area contributed by atoms with Crippen molar-refractivity contribution in [3.05, 3.63) is 30.6 Å². The van der Waals surface area contributed by atoms with Crippen molar-refractivity contribution in [2.75, 3.05) is 23.3 Å². The van der Waals surface area contributed by atoms with Crippen molar-refractivity contribution in [2.45, 2.75) is 12.8 Å². The molecule has 0 amide bonds. The van der Waals surface area contributed by atoms with Gasteiger partial charge in [0.05, 0.1) is 0 Å². The first-order chi connectivity index (χ1) is 10.4. The molecule has 3 heterocycles. The summed E-state index contributed by atoms with van der Waals surface area (Å²) in [4.78, 5) is 10.9. The van der Waals surface area contributed by atoms with Gasteiger partial charge in [0.2, 0.25) is 0 Å². The number of benzene rings is 1. The van der Waals surface area contributed by atoms with Gasteiger partial charge < -0.3 is 10.2 Å². The smallest absolute Gasteiger partial charge is 0.135 e. The zero-order valence-electron chi connectivity index (χ0n) is 11.5. The zero-order valence-corrected chi connectivity index (χ0v) is 11.5. The molecule has 2 N–H and O–H groups in total. The van der Waals surface area contributed by atoms with Gasteiger partial charge in [-0.3, -0.25) is 0 Å². The summed E-state index contributed by atoms with van der Waals surface area (Å²) in [5, 5.41) is 14.0. The molecule has 0 spiro atoms. The molecule has 21 heavy (non-hydrogen) atoms. The Kier molecular flexibility index (Phi) is 2.88. The molecule has 1 aliphatic heterocycles. The first kappa shape index (κ1) is 12.1. The number of aromatic nitrogens is 5. The van der Waals surface area contributed by atoms with Crippen LogP contribution in [0.2, 0.25) is 0 Å². The van der Waals surface area contributed by atoms with Gasteiger partial charge in [-0.15, -0.1) is 0 Å². The number of hydrogen-bond donors (Lipinski definition) is 2. The second kappa shape index (κ2) is 5.01. The van der Waals surface area contributed by atoms with Gasteiger partial charge in [-0.2, -0.15) is 15.4 Å². The number of rotatable bonds is 3. The van der Waals surface area contributed by atoms with E-state index < -0.39 is 0 Å². The molecule has 0 atom stereocenters. The Bertz CT molecular complexity index is 761. The quantitative estimate of drug-likeness (QED) is 0.765. The van der Waals surface area contributed by atoms with Crippen LogP contribution in [0.25, 0.3) is 11.0 Å². The van der Waals surface area contributed by atoms with E-state index in [1.165, 1.54) is 12.8 Å². The van der Waals surface area contributed by atoms with Gasteiger partial charge in [0.15, 0.2) is 0 Å². The van der Waals surface area contributed by atoms with Gasteiger partial charge in [0.1, 0.15) is 29.0 Å².